The van der Waals surface area contributed by atoms with E-state index in [2.05, 4.69) is 5.32 Å². The third-order valence-electron chi connectivity index (χ3n) is 3.41. The molecular weight excluding hydrogens is 339 g/mol. The molecule has 0 aliphatic carbocycles. The molecule has 2 aromatic carbocycles. The lowest BCUT2D eigenvalue weighted by Crippen LogP contribution is -2.15. The number of carbonyl (C=O) groups is 1. The van der Waals surface area contributed by atoms with Gasteiger partial charge in [-0.25, -0.2) is 0 Å². The fourth-order valence-corrected chi connectivity index (χ4v) is 2.75. The van der Waals surface area contributed by atoms with Crippen LogP contribution in [0.4, 0.5) is 11.4 Å². The number of amides is 1. The molecule has 0 bridgehead atoms. The van der Waals surface area contributed by atoms with Crippen LogP contribution in [0.2, 0.25) is 10.0 Å². The number of nitro benzene ring substituents is 1. The second-order valence-corrected chi connectivity index (χ2v) is 5.83. The molecule has 0 atom stereocenters. The molecule has 0 spiro atoms. The summed E-state index contributed by atoms with van der Waals surface area (Å²) in [4.78, 5) is 22.9. The Morgan fingerprint density at radius 2 is 1.96 bits per heavy atom. The fourth-order valence-electron chi connectivity index (χ4n) is 2.26. The minimum atomic E-state index is -0.451. The Kier molecular flexibility index (Phi) is 5.23. The Hall–Kier alpha value is -2.11. The molecule has 0 saturated carbocycles. The van der Waals surface area contributed by atoms with Crippen LogP contribution in [0, 0.1) is 17.0 Å². The number of hydrogen-bond acceptors (Lipinski definition) is 3. The second kappa shape index (κ2) is 6.98. The smallest absolute Gasteiger partial charge is 0.270 e. The largest absolute Gasteiger partial charge is 0.321 e. The molecule has 23 heavy (non-hydrogen) atoms. The van der Waals surface area contributed by atoms with Gasteiger partial charge in [-0.3, -0.25) is 14.9 Å². The Morgan fingerprint density at radius 3 is 2.52 bits per heavy atom. The van der Waals surface area contributed by atoms with Crippen molar-refractivity contribution < 1.29 is 9.72 Å². The van der Waals surface area contributed by atoms with E-state index in [1.165, 1.54) is 24.3 Å². The van der Waals surface area contributed by atoms with Crippen molar-refractivity contribution >= 4 is 40.5 Å². The van der Waals surface area contributed by atoms with Gasteiger partial charge in [0, 0.05) is 22.8 Å². The lowest BCUT2D eigenvalue weighted by atomic mass is 10.0. The van der Waals surface area contributed by atoms with Crippen LogP contribution < -0.4 is 5.32 Å². The number of anilines is 1. The van der Waals surface area contributed by atoms with Crippen molar-refractivity contribution in [2.75, 3.05) is 5.32 Å². The van der Waals surface area contributed by atoms with Crippen LogP contribution in [0.5, 0.6) is 0 Å². The molecule has 1 N–H and O–H groups in total. The van der Waals surface area contributed by atoms with E-state index >= 15 is 0 Å². The van der Waals surface area contributed by atoms with Crippen molar-refractivity contribution in [2.45, 2.75) is 20.3 Å². The minimum Gasteiger partial charge on any atom is -0.321 e. The van der Waals surface area contributed by atoms with Crippen LogP contribution in [0.3, 0.4) is 0 Å². The van der Waals surface area contributed by atoms with Gasteiger partial charge in [0.1, 0.15) is 0 Å². The number of nitro groups is 1. The maximum Gasteiger partial charge on any atom is 0.270 e. The number of carbonyl (C=O) groups excluding carboxylic acids is 1. The zero-order valence-corrected chi connectivity index (χ0v) is 14.0. The normalized spacial score (nSPS) is 10.4. The molecule has 7 heteroatoms. The number of halogens is 2. The van der Waals surface area contributed by atoms with Gasteiger partial charge in [-0.2, -0.15) is 0 Å². The van der Waals surface area contributed by atoms with Gasteiger partial charge >= 0.3 is 0 Å². The maximum atomic E-state index is 12.4. The van der Waals surface area contributed by atoms with Gasteiger partial charge in [0.2, 0.25) is 0 Å². The molecule has 0 saturated heterocycles. The molecule has 0 aliphatic rings. The van der Waals surface area contributed by atoms with E-state index in [1.807, 2.05) is 6.92 Å². The van der Waals surface area contributed by atoms with Crippen LogP contribution in [0.25, 0.3) is 0 Å². The van der Waals surface area contributed by atoms with Gasteiger partial charge in [0.25, 0.3) is 11.6 Å². The lowest BCUT2D eigenvalue weighted by Gasteiger charge is -2.14. The molecular formula is C16H14Cl2N2O3. The molecule has 0 heterocycles. The quantitative estimate of drug-likeness (QED) is 0.619. The summed E-state index contributed by atoms with van der Waals surface area (Å²) in [6.45, 7) is 3.58. The highest BCUT2D eigenvalue weighted by atomic mass is 35.5. The second-order valence-electron chi connectivity index (χ2n) is 4.99. The summed E-state index contributed by atoms with van der Waals surface area (Å²) in [6, 6.07) is 7.49. The van der Waals surface area contributed by atoms with E-state index in [4.69, 9.17) is 23.2 Å². The third-order valence-corrected chi connectivity index (χ3v) is 3.96. The third kappa shape index (κ3) is 3.81. The van der Waals surface area contributed by atoms with E-state index < -0.39 is 10.8 Å². The Labute approximate surface area is 143 Å². The number of nitrogens with zero attached hydrogens (tertiary/aromatic N) is 1. The zero-order chi connectivity index (χ0) is 17.1. The SMILES string of the molecule is CCc1cc([N+](=O)[O-])cc(C)c1NC(=O)c1ccc(Cl)cc1Cl. The predicted octanol–water partition coefficient (Wildman–Crippen LogP) is 5.02. The van der Waals surface area contributed by atoms with Crippen molar-refractivity contribution in [2.24, 2.45) is 0 Å². The van der Waals surface area contributed by atoms with Crippen molar-refractivity contribution in [1.29, 1.82) is 0 Å². The molecule has 0 unspecified atom stereocenters. The Bertz CT molecular complexity index is 791. The first-order valence-corrected chi connectivity index (χ1v) is 7.63. The highest BCUT2D eigenvalue weighted by Gasteiger charge is 2.17. The van der Waals surface area contributed by atoms with Crippen LogP contribution in [0.1, 0.15) is 28.4 Å². The van der Waals surface area contributed by atoms with Gasteiger partial charge in [0.05, 0.1) is 15.5 Å². The molecule has 0 aliphatic heterocycles. The summed E-state index contributed by atoms with van der Waals surface area (Å²) in [5, 5.41) is 14.4. The molecule has 2 rings (SSSR count). The highest BCUT2D eigenvalue weighted by Crippen LogP contribution is 2.29. The first-order chi connectivity index (χ1) is 10.8. The first kappa shape index (κ1) is 17.2. The summed E-state index contributed by atoms with van der Waals surface area (Å²) in [7, 11) is 0. The van der Waals surface area contributed by atoms with Crippen molar-refractivity contribution in [1.82, 2.24) is 0 Å². The average Bonchev–Trinajstić information content (AvgIpc) is 2.48. The van der Waals surface area contributed by atoms with Crippen molar-refractivity contribution in [3.8, 4) is 0 Å². The zero-order valence-electron chi connectivity index (χ0n) is 12.5. The van der Waals surface area contributed by atoms with Crippen LogP contribution in [0.15, 0.2) is 30.3 Å². The molecule has 120 valence electrons. The van der Waals surface area contributed by atoms with Crippen LogP contribution in [-0.4, -0.2) is 10.8 Å². The summed E-state index contributed by atoms with van der Waals surface area (Å²) in [5.41, 5.74) is 2.16. The van der Waals surface area contributed by atoms with E-state index in [1.54, 1.807) is 13.0 Å². The van der Waals surface area contributed by atoms with E-state index in [-0.39, 0.29) is 16.3 Å². The van der Waals surface area contributed by atoms with Gasteiger partial charge in [-0.15, -0.1) is 0 Å². The van der Waals surface area contributed by atoms with Crippen LogP contribution in [-0.2, 0) is 6.42 Å². The van der Waals surface area contributed by atoms with Crippen molar-refractivity contribution in [3.63, 3.8) is 0 Å². The number of rotatable bonds is 4. The van der Waals surface area contributed by atoms with Gasteiger partial charge in [-0.05, 0) is 42.7 Å². The monoisotopic (exact) mass is 352 g/mol. The standard InChI is InChI=1S/C16H14Cl2N2O3/c1-3-10-7-12(20(22)23)6-9(2)15(10)19-16(21)13-5-4-11(17)8-14(13)18/h4-8H,3H2,1-2H3,(H,19,21). The fraction of sp³-hybridized carbons (Fsp3) is 0.188. The predicted molar refractivity (Wildman–Crippen MR) is 91.6 cm³/mol. The number of aryl methyl sites for hydroxylation is 2. The maximum absolute atomic E-state index is 12.4. The molecule has 0 aromatic heterocycles. The minimum absolute atomic E-state index is 0.00174. The first-order valence-electron chi connectivity index (χ1n) is 6.87. The summed E-state index contributed by atoms with van der Waals surface area (Å²) < 4.78 is 0. The number of hydrogen-bond donors (Lipinski definition) is 1. The number of nitrogens with one attached hydrogen (secondary N) is 1. The molecule has 2 aromatic rings. The van der Waals surface area contributed by atoms with Gasteiger partial charge in [-0.1, -0.05) is 30.1 Å². The average molecular weight is 353 g/mol. The van der Waals surface area contributed by atoms with E-state index in [0.29, 0.717) is 28.3 Å². The summed E-state index contributed by atoms with van der Waals surface area (Å²) in [5.74, 6) is -0.390. The van der Waals surface area contributed by atoms with Crippen molar-refractivity contribution in [3.05, 3.63) is 67.2 Å². The van der Waals surface area contributed by atoms with Gasteiger partial charge < -0.3 is 5.32 Å². The Morgan fingerprint density at radius 1 is 1.26 bits per heavy atom. The lowest BCUT2D eigenvalue weighted by molar-refractivity contribution is -0.384. The topological polar surface area (TPSA) is 72.2 Å². The number of non-ortho nitro benzene ring substituents is 1. The molecule has 0 radical (unpaired) electrons. The van der Waals surface area contributed by atoms with E-state index in [0.717, 1.165) is 0 Å². The van der Waals surface area contributed by atoms with Gasteiger partial charge in [0.15, 0.2) is 0 Å². The molecule has 0 fully saturated rings. The number of benzene rings is 2. The molecule has 1 amide bonds. The molecule has 5 nitrogen and oxygen atoms in total. The van der Waals surface area contributed by atoms with Crippen LogP contribution >= 0.6 is 23.2 Å². The van der Waals surface area contributed by atoms with E-state index in [9.17, 15) is 14.9 Å². The highest BCUT2D eigenvalue weighted by molar-refractivity contribution is 6.37. The summed E-state index contributed by atoms with van der Waals surface area (Å²) in [6.07, 6.45) is 0.548. The Balaban J connectivity index is 2.39. The summed E-state index contributed by atoms with van der Waals surface area (Å²) >= 11 is 11.9.